The van der Waals surface area contributed by atoms with Crippen molar-refractivity contribution in [3.8, 4) is 0 Å². The average Bonchev–Trinajstić information content (AvgIpc) is 2.97. The second-order valence-electron chi connectivity index (χ2n) is 6.90. The van der Waals surface area contributed by atoms with Crippen molar-refractivity contribution in [2.24, 2.45) is 5.92 Å². The highest BCUT2D eigenvalue weighted by molar-refractivity contribution is 6.05. The topological polar surface area (TPSA) is 47.4 Å². The summed E-state index contributed by atoms with van der Waals surface area (Å²) in [6, 6.07) is 4.00. The molecule has 24 heavy (non-hydrogen) atoms. The van der Waals surface area contributed by atoms with Gasteiger partial charge in [-0.15, -0.1) is 0 Å². The fourth-order valence-electron chi connectivity index (χ4n) is 3.24. The summed E-state index contributed by atoms with van der Waals surface area (Å²) in [5, 5.41) is 0. The summed E-state index contributed by atoms with van der Waals surface area (Å²) < 4.78 is 7.54. The molecule has 1 aliphatic rings. The number of fused-ring (bicyclic) bond motifs is 1. The molecule has 0 N–H and O–H groups in total. The Morgan fingerprint density at radius 1 is 1.29 bits per heavy atom. The zero-order chi connectivity index (χ0) is 16.9. The summed E-state index contributed by atoms with van der Waals surface area (Å²) >= 11 is 0. The van der Waals surface area contributed by atoms with Gasteiger partial charge in [-0.2, -0.15) is 0 Å². The van der Waals surface area contributed by atoms with Gasteiger partial charge in [-0.05, 0) is 24.5 Å². The van der Waals surface area contributed by atoms with Gasteiger partial charge < -0.3 is 14.2 Å². The predicted octanol–water partition coefficient (Wildman–Crippen LogP) is 3.34. The van der Waals surface area contributed by atoms with Crippen molar-refractivity contribution in [3.63, 3.8) is 0 Å². The van der Waals surface area contributed by atoms with Gasteiger partial charge in [0.15, 0.2) is 0 Å². The first kappa shape index (κ1) is 17.0. The second kappa shape index (κ2) is 7.79. The van der Waals surface area contributed by atoms with Crippen molar-refractivity contribution >= 4 is 16.9 Å². The molecule has 1 saturated heterocycles. The molecule has 0 atom stereocenters. The molecule has 1 aliphatic heterocycles. The minimum atomic E-state index is 0.0722. The zero-order valence-electron chi connectivity index (χ0n) is 14.7. The summed E-state index contributed by atoms with van der Waals surface area (Å²) in [5.41, 5.74) is 2.59. The molecule has 2 aromatic heterocycles. The van der Waals surface area contributed by atoms with E-state index < -0.39 is 0 Å². The summed E-state index contributed by atoms with van der Waals surface area (Å²) in [7, 11) is 0. The van der Waals surface area contributed by atoms with E-state index in [1.807, 2.05) is 17.2 Å². The van der Waals surface area contributed by atoms with Crippen molar-refractivity contribution in [3.05, 3.63) is 30.1 Å². The molecule has 0 aliphatic carbocycles. The van der Waals surface area contributed by atoms with Gasteiger partial charge in [0.1, 0.15) is 5.52 Å². The molecule has 3 heterocycles. The summed E-state index contributed by atoms with van der Waals surface area (Å²) in [6.45, 7) is 8.01. The smallest absolute Gasteiger partial charge is 0.257 e. The van der Waals surface area contributed by atoms with Gasteiger partial charge in [0, 0.05) is 32.0 Å². The first-order chi connectivity index (χ1) is 11.7. The third-order valence-corrected chi connectivity index (χ3v) is 4.60. The van der Waals surface area contributed by atoms with Crippen LogP contribution in [0.1, 0.15) is 43.5 Å². The summed E-state index contributed by atoms with van der Waals surface area (Å²) in [6.07, 6.45) is 7.34. The number of rotatable bonds is 6. The van der Waals surface area contributed by atoms with E-state index in [0.717, 1.165) is 35.5 Å². The van der Waals surface area contributed by atoms with Crippen LogP contribution < -0.4 is 0 Å². The van der Waals surface area contributed by atoms with Gasteiger partial charge in [-0.1, -0.05) is 26.7 Å². The van der Waals surface area contributed by atoms with E-state index in [9.17, 15) is 4.79 Å². The molecule has 0 spiro atoms. The van der Waals surface area contributed by atoms with Gasteiger partial charge in [0.2, 0.25) is 0 Å². The Balaban J connectivity index is 1.79. The normalized spacial score (nSPS) is 15.4. The highest BCUT2D eigenvalue weighted by Gasteiger charge is 2.23. The maximum Gasteiger partial charge on any atom is 0.257 e. The van der Waals surface area contributed by atoms with Crippen LogP contribution >= 0.6 is 0 Å². The van der Waals surface area contributed by atoms with Gasteiger partial charge in [-0.25, -0.2) is 0 Å². The average molecular weight is 329 g/mol. The molecule has 130 valence electrons. The van der Waals surface area contributed by atoms with E-state index >= 15 is 0 Å². The SMILES string of the molecule is CC(C)CCCCn1cc(C(=O)N2CCOCC2)c2ncccc21. The van der Waals surface area contributed by atoms with E-state index in [0.29, 0.717) is 26.3 Å². The molecular formula is C19H27N3O2. The molecule has 3 rings (SSSR count). The largest absolute Gasteiger partial charge is 0.378 e. The lowest BCUT2D eigenvalue weighted by atomic mass is 10.1. The summed E-state index contributed by atoms with van der Waals surface area (Å²) in [4.78, 5) is 19.2. The van der Waals surface area contributed by atoms with E-state index in [4.69, 9.17) is 4.74 Å². The molecule has 0 radical (unpaired) electrons. The van der Waals surface area contributed by atoms with Crippen LogP contribution in [0, 0.1) is 5.92 Å². The number of ether oxygens (including phenoxy) is 1. The molecule has 5 nitrogen and oxygen atoms in total. The fraction of sp³-hybridized carbons (Fsp3) is 0.579. The van der Waals surface area contributed by atoms with Crippen molar-refractivity contribution in [1.82, 2.24) is 14.5 Å². The van der Waals surface area contributed by atoms with Crippen LogP contribution in [0.4, 0.5) is 0 Å². The number of morpholine rings is 1. The molecule has 1 fully saturated rings. The van der Waals surface area contributed by atoms with Crippen LogP contribution in [0.3, 0.4) is 0 Å². The Kier molecular flexibility index (Phi) is 5.51. The van der Waals surface area contributed by atoms with Gasteiger partial charge in [0.25, 0.3) is 5.91 Å². The molecule has 0 aromatic carbocycles. The van der Waals surface area contributed by atoms with Crippen molar-refractivity contribution in [1.29, 1.82) is 0 Å². The van der Waals surface area contributed by atoms with Gasteiger partial charge in [-0.3, -0.25) is 9.78 Å². The lowest BCUT2D eigenvalue weighted by molar-refractivity contribution is 0.0304. The standard InChI is InChI=1S/C19H27N3O2/c1-15(2)6-3-4-9-22-14-16(18-17(22)7-5-8-20-18)19(23)21-10-12-24-13-11-21/h5,7-8,14-15H,3-4,6,9-13H2,1-2H3. The van der Waals surface area contributed by atoms with E-state index in [2.05, 4.69) is 29.5 Å². The molecule has 0 unspecified atom stereocenters. The highest BCUT2D eigenvalue weighted by atomic mass is 16.5. The number of carbonyl (C=O) groups is 1. The van der Waals surface area contributed by atoms with Gasteiger partial charge >= 0.3 is 0 Å². The number of pyridine rings is 1. The van der Waals surface area contributed by atoms with Crippen LogP contribution in [0.2, 0.25) is 0 Å². The van der Waals surface area contributed by atoms with Crippen molar-refractivity contribution in [2.45, 2.75) is 39.7 Å². The van der Waals surface area contributed by atoms with E-state index in [1.165, 1.54) is 12.8 Å². The Bertz CT molecular complexity index is 687. The number of aryl methyl sites for hydroxylation is 1. The molecule has 1 amide bonds. The maximum atomic E-state index is 12.9. The quantitative estimate of drug-likeness (QED) is 0.764. The lowest BCUT2D eigenvalue weighted by Crippen LogP contribution is -2.40. The van der Waals surface area contributed by atoms with Crippen LogP contribution in [0.5, 0.6) is 0 Å². The van der Waals surface area contributed by atoms with Crippen LogP contribution in [0.25, 0.3) is 11.0 Å². The molecular weight excluding hydrogens is 302 g/mol. The Labute approximate surface area is 143 Å². The molecule has 5 heteroatoms. The first-order valence-electron chi connectivity index (χ1n) is 8.97. The monoisotopic (exact) mass is 329 g/mol. The minimum absolute atomic E-state index is 0.0722. The first-order valence-corrected chi connectivity index (χ1v) is 8.97. The Morgan fingerprint density at radius 2 is 2.08 bits per heavy atom. The Morgan fingerprint density at radius 3 is 2.83 bits per heavy atom. The summed E-state index contributed by atoms with van der Waals surface area (Å²) in [5.74, 6) is 0.814. The third kappa shape index (κ3) is 3.78. The number of amides is 1. The lowest BCUT2D eigenvalue weighted by Gasteiger charge is -2.26. The van der Waals surface area contributed by atoms with Crippen LogP contribution in [0.15, 0.2) is 24.5 Å². The van der Waals surface area contributed by atoms with Crippen LogP contribution in [-0.4, -0.2) is 46.7 Å². The van der Waals surface area contributed by atoms with E-state index in [1.54, 1.807) is 6.20 Å². The number of aromatic nitrogens is 2. The zero-order valence-corrected chi connectivity index (χ0v) is 14.7. The van der Waals surface area contributed by atoms with Crippen LogP contribution in [-0.2, 0) is 11.3 Å². The number of carbonyl (C=O) groups excluding carboxylic acids is 1. The number of nitrogens with zero attached hydrogens (tertiary/aromatic N) is 3. The second-order valence-corrected chi connectivity index (χ2v) is 6.90. The van der Waals surface area contributed by atoms with E-state index in [-0.39, 0.29) is 5.91 Å². The highest BCUT2D eigenvalue weighted by Crippen LogP contribution is 2.22. The van der Waals surface area contributed by atoms with Crippen molar-refractivity contribution < 1.29 is 9.53 Å². The molecule has 0 saturated carbocycles. The molecule has 2 aromatic rings. The van der Waals surface area contributed by atoms with Crippen molar-refractivity contribution in [2.75, 3.05) is 26.3 Å². The predicted molar refractivity (Wildman–Crippen MR) is 95.1 cm³/mol. The fourth-order valence-corrected chi connectivity index (χ4v) is 3.24. The molecule has 0 bridgehead atoms. The number of hydrogen-bond donors (Lipinski definition) is 0. The number of unbranched alkanes of at least 4 members (excludes halogenated alkanes) is 1. The Hall–Kier alpha value is -1.88. The van der Waals surface area contributed by atoms with Gasteiger partial charge in [0.05, 0.1) is 24.3 Å². The third-order valence-electron chi connectivity index (χ3n) is 4.60. The minimum Gasteiger partial charge on any atom is -0.378 e. The number of hydrogen-bond acceptors (Lipinski definition) is 3. The maximum absolute atomic E-state index is 12.9.